The number of hydrogen-bond donors (Lipinski definition) is 0. The second kappa shape index (κ2) is 5.98. The maximum atomic E-state index is 13.6. The molecule has 0 aliphatic carbocycles. The number of carbonyl (C=O) groups excluding carboxylic acids is 1. The van der Waals surface area contributed by atoms with Gasteiger partial charge in [0.25, 0.3) is 0 Å². The summed E-state index contributed by atoms with van der Waals surface area (Å²) in [5.41, 5.74) is -1.42. The van der Waals surface area contributed by atoms with E-state index in [0.717, 1.165) is 0 Å². The minimum Gasteiger partial charge on any atom is -0.478 e. The molecule has 1 aromatic rings. The van der Waals surface area contributed by atoms with Crippen molar-refractivity contribution in [2.24, 2.45) is 0 Å². The van der Waals surface area contributed by atoms with Crippen molar-refractivity contribution in [3.8, 4) is 0 Å². The lowest BCUT2D eigenvalue weighted by molar-refractivity contribution is -0.151. The van der Waals surface area contributed by atoms with Crippen molar-refractivity contribution in [2.45, 2.75) is 32.5 Å². The summed E-state index contributed by atoms with van der Waals surface area (Å²) in [4.78, 5) is 11.5. The van der Waals surface area contributed by atoms with Crippen molar-refractivity contribution in [3.63, 3.8) is 0 Å². The highest BCUT2D eigenvalue weighted by Gasteiger charge is 2.36. The fourth-order valence-corrected chi connectivity index (χ4v) is 2.15. The van der Waals surface area contributed by atoms with Crippen LogP contribution in [0.5, 0.6) is 0 Å². The average Bonchev–Trinajstić information content (AvgIpc) is 2.90. The molecule has 22 heavy (non-hydrogen) atoms. The number of esters is 1. The molecular weight excluding hydrogens is 304 g/mol. The summed E-state index contributed by atoms with van der Waals surface area (Å²) >= 11 is 0. The number of alkyl halides is 3. The van der Waals surface area contributed by atoms with Crippen LogP contribution in [0.1, 0.15) is 30.0 Å². The number of benzene rings is 1. The van der Waals surface area contributed by atoms with Gasteiger partial charge in [0, 0.05) is 12.0 Å². The Morgan fingerprint density at radius 2 is 2.09 bits per heavy atom. The van der Waals surface area contributed by atoms with E-state index in [1.807, 2.05) is 0 Å². The fraction of sp³-hybridized carbons (Fsp3) is 0.400. The van der Waals surface area contributed by atoms with E-state index in [9.17, 15) is 22.4 Å². The first kappa shape index (κ1) is 16.3. The zero-order valence-electron chi connectivity index (χ0n) is 12.0. The lowest BCUT2D eigenvalue weighted by Gasteiger charge is -2.15. The standard InChI is InChI=1S/C15H14F4O3/c1-3-21-14(20)12-5-4-11(22-12)9-6-8(2)13(16)10(7-9)15(17,18)19/h4,6-7,12H,3,5H2,1-2H3. The highest BCUT2D eigenvalue weighted by Crippen LogP contribution is 2.36. The first-order valence-electron chi connectivity index (χ1n) is 6.65. The molecule has 3 nitrogen and oxygen atoms in total. The first-order chi connectivity index (χ1) is 10.2. The van der Waals surface area contributed by atoms with E-state index in [4.69, 9.17) is 9.47 Å². The Bertz CT molecular complexity index is 620. The van der Waals surface area contributed by atoms with Crippen LogP contribution in [-0.4, -0.2) is 18.7 Å². The van der Waals surface area contributed by atoms with Crippen molar-refractivity contribution in [1.82, 2.24) is 0 Å². The topological polar surface area (TPSA) is 35.5 Å². The number of carbonyl (C=O) groups is 1. The quantitative estimate of drug-likeness (QED) is 0.627. The van der Waals surface area contributed by atoms with Crippen molar-refractivity contribution in [1.29, 1.82) is 0 Å². The minimum atomic E-state index is -4.80. The number of aryl methyl sites for hydroxylation is 1. The summed E-state index contributed by atoms with van der Waals surface area (Å²) in [6.45, 7) is 3.06. The summed E-state index contributed by atoms with van der Waals surface area (Å²) in [6.07, 6.45) is -3.99. The summed E-state index contributed by atoms with van der Waals surface area (Å²) in [6, 6.07) is 1.94. The van der Waals surface area contributed by atoms with Crippen LogP contribution < -0.4 is 0 Å². The third-order valence-corrected chi connectivity index (χ3v) is 3.18. The molecule has 1 atom stereocenters. The molecular formula is C15H14F4O3. The van der Waals surface area contributed by atoms with Gasteiger partial charge in [-0.2, -0.15) is 13.2 Å². The average molecular weight is 318 g/mol. The Balaban J connectivity index is 2.28. The van der Waals surface area contributed by atoms with Gasteiger partial charge in [0.05, 0.1) is 12.2 Å². The monoisotopic (exact) mass is 318 g/mol. The normalized spacial score (nSPS) is 17.9. The maximum absolute atomic E-state index is 13.6. The van der Waals surface area contributed by atoms with Crippen LogP contribution in [0.4, 0.5) is 17.6 Å². The number of ether oxygens (including phenoxy) is 2. The molecule has 0 spiro atoms. The molecule has 0 aromatic heterocycles. The van der Waals surface area contributed by atoms with Crippen LogP contribution in [0.25, 0.3) is 5.76 Å². The Labute approximate surface area is 124 Å². The fourth-order valence-electron chi connectivity index (χ4n) is 2.15. The molecule has 1 aliphatic rings. The van der Waals surface area contributed by atoms with E-state index in [2.05, 4.69) is 0 Å². The van der Waals surface area contributed by atoms with Gasteiger partial charge < -0.3 is 9.47 Å². The van der Waals surface area contributed by atoms with E-state index in [1.54, 1.807) is 6.92 Å². The summed E-state index contributed by atoms with van der Waals surface area (Å²) in [5.74, 6) is -1.77. The molecule has 0 amide bonds. The Kier molecular flexibility index (Phi) is 4.44. The molecule has 0 fully saturated rings. The third kappa shape index (κ3) is 3.23. The van der Waals surface area contributed by atoms with Gasteiger partial charge in [-0.15, -0.1) is 0 Å². The number of rotatable bonds is 3. The highest BCUT2D eigenvalue weighted by atomic mass is 19.4. The van der Waals surface area contributed by atoms with E-state index in [-0.39, 0.29) is 29.9 Å². The Morgan fingerprint density at radius 1 is 1.41 bits per heavy atom. The third-order valence-electron chi connectivity index (χ3n) is 3.18. The van der Waals surface area contributed by atoms with Crippen LogP contribution in [0, 0.1) is 12.7 Å². The smallest absolute Gasteiger partial charge is 0.419 e. The minimum absolute atomic E-state index is 0.0815. The highest BCUT2D eigenvalue weighted by molar-refractivity contribution is 5.78. The van der Waals surface area contributed by atoms with Crippen LogP contribution in [-0.2, 0) is 20.4 Å². The van der Waals surface area contributed by atoms with E-state index < -0.39 is 29.6 Å². The van der Waals surface area contributed by atoms with Gasteiger partial charge in [0.2, 0.25) is 0 Å². The Morgan fingerprint density at radius 3 is 2.68 bits per heavy atom. The molecule has 0 N–H and O–H groups in total. The predicted molar refractivity (Wildman–Crippen MR) is 70.2 cm³/mol. The zero-order chi connectivity index (χ0) is 16.5. The van der Waals surface area contributed by atoms with Crippen LogP contribution in [0.15, 0.2) is 18.2 Å². The largest absolute Gasteiger partial charge is 0.478 e. The maximum Gasteiger partial charge on any atom is 0.419 e. The van der Waals surface area contributed by atoms with Gasteiger partial charge in [-0.1, -0.05) is 0 Å². The van der Waals surface area contributed by atoms with E-state index in [0.29, 0.717) is 6.07 Å². The van der Waals surface area contributed by atoms with Gasteiger partial charge >= 0.3 is 12.1 Å². The van der Waals surface area contributed by atoms with Crippen LogP contribution in [0.3, 0.4) is 0 Å². The number of hydrogen-bond acceptors (Lipinski definition) is 3. The van der Waals surface area contributed by atoms with E-state index >= 15 is 0 Å². The molecule has 120 valence electrons. The van der Waals surface area contributed by atoms with Gasteiger partial charge in [-0.05, 0) is 37.6 Å². The molecule has 1 aromatic carbocycles. The summed E-state index contributed by atoms with van der Waals surface area (Å²) in [7, 11) is 0. The Hall–Kier alpha value is -2.05. The molecule has 0 saturated carbocycles. The van der Waals surface area contributed by atoms with Crippen molar-refractivity contribution in [2.75, 3.05) is 6.61 Å². The van der Waals surface area contributed by atoms with Crippen molar-refractivity contribution in [3.05, 3.63) is 40.7 Å². The van der Waals surface area contributed by atoms with Crippen molar-refractivity contribution >= 4 is 11.7 Å². The molecule has 2 rings (SSSR count). The summed E-state index contributed by atoms with van der Waals surface area (Å²) < 4.78 is 62.2. The van der Waals surface area contributed by atoms with Crippen molar-refractivity contribution < 1.29 is 31.8 Å². The molecule has 1 heterocycles. The summed E-state index contributed by atoms with van der Waals surface area (Å²) in [5, 5.41) is 0. The molecule has 7 heteroatoms. The van der Waals surface area contributed by atoms with Crippen LogP contribution >= 0.6 is 0 Å². The lowest BCUT2D eigenvalue weighted by atomic mass is 10.0. The second-order valence-electron chi connectivity index (χ2n) is 4.82. The predicted octanol–water partition coefficient (Wildman–Crippen LogP) is 3.85. The van der Waals surface area contributed by atoms with Crippen LogP contribution in [0.2, 0.25) is 0 Å². The van der Waals surface area contributed by atoms with Gasteiger partial charge in [0.15, 0.2) is 6.10 Å². The second-order valence-corrected chi connectivity index (χ2v) is 4.82. The SMILES string of the molecule is CCOC(=O)C1CC=C(c2cc(C)c(F)c(C(F)(F)F)c2)O1. The van der Waals surface area contributed by atoms with E-state index in [1.165, 1.54) is 19.1 Å². The zero-order valence-corrected chi connectivity index (χ0v) is 12.0. The molecule has 0 radical (unpaired) electrons. The number of halogens is 4. The van der Waals surface area contributed by atoms with Gasteiger partial charge in [-0.25, -0.2) is 9.18 Å². The lowest BCUT2D eigenvalue weighted by Crippen LogP contribution is -2.22. The molecule has 0 bridgehead atoms. The molecule has 0 saturated heterocycles. The molecule has 1 aliphatic heterocycles. The first-order valence-corrected chi connectivity index (χ1v) is 6.65. The van der Waals surface area contributed by atoms with Gasteiger partial charge in [-0.3, -0.25) is 0 Å². The van der Waals surface area contributed by atoms with Gasteiger partial charge in [0.1, 0.15) is 11.6 Å². The molecule has 1 unspecified atom stereocenters.